The van der Waals surface area contributed by atoms with E-state index in [1.54, 1.807) is 0 Å². The molecule has 0 aliphatic carbocycles. The number of piperazine rings is 1. The Kier molecular flexibility index (Phi) is 9.15. The van der Waals surface area contributed by atoms with Gasteiger partial charge in [0.15, 0.2) is 0 Å². The number of rotatable bonds is 1. The fourth-order valence-electron chi connectivity index (χ4n) is 1.30. The monoisotopic (exact) mass is 200 g/mol. The molecule has 1 fully saturated rings. The molecule has 0 amide bonds. The highest BCUT2D eigenvalue weighted by Crippen LogP contribution is 1.95. The van der Waals surface area contributed by atoms with Crippen molar-refractivity contribution in [2.24, 2.45) is 0 Å². The molecular weight excluding hydrogens is 183 g/mol. The van der Waals surface area contributed by atoms with E-state index in [1.807, 2.05) is 0 Å². The largest absolute Gasteiger partial charge is 0.312 e. The minimum atomic E-state index is 0. The topological polar surface area (TPSA) is 15.3 Å². The third kappa shape index (κ3) is 4.86. The predicted molar refractivity (Wildman–Crippen MR) is 54.1 cm³/mol. The first-order valence-electron chi connectivity index (χ1n) is 3.78. The maximum absolute atomic E-state index is 3.40. The van der Waals surface area contributed by atoms with Gasteiger partial charge in [0, 0.05) is 25.7 Å². The summed E-state index contributed by atoms with van der Waals surface area (Å²) in [7, 11) is 0. The van der Waals surface area contributed by atoms with Crippen molar-refractivity contribution in [1.29, 1.82) is 0 Å². The normalized spacial score (nSPS) is 25.1. The molecule has 0 aromatic rings. The number of halogens is 2. The van der Waals surface area contributed by atoms with E-state index >= 15 is 0 Å². The molecular formula is C7H18Cl2N2. The van der Waals surface area contributed by atoms with Crippen LogP contribution < -0.4 is 5.32 Å². The van der Waals surface area contributed by atoms with E-state index < -0.39 is 0 Å². The molecule has 0 aromatic heterocycles. The Morgan fingerprint density at radius 3 is 2.45 bits per heavy atom. The smallest absolute Gasteiger partial charge is 0.0167 e. The SMILES string of the molecule is CCN1CCN[C@H](C)C1.Cl.Cl. The lowest BCUT2D eigenvalue weighted by atomic mass is 10.2. The summed E-state index contributed by atoms with van der Waals surface area (Å²) < 4.78 is 0. The van der Waals surface area contributed by atoms with Crippen molar-refractivity contribution in [3.05, 3.63) is 0 Å². The molecule has 11 heavy (non-hydrogen) atoms. The zero-order valence-corrected chi connectivity index (χ0v) is 8.80. The van der Waals surface area contributed by atoms with Gasteiger partial charge in [0.25, 0.3) is 0 Å². The highest BCUT2D eigenvalue weighted by molar-refractivity contribution is 5.85. The number of nitrogens with one attached hydrogen (secondary N) is 1. The van der Waals surface area contributed by atoms with Gasteiger partial charge in [-0.05, 0) is 13.5 Å². The van der Waals surface area contributed by atoms with E-state index in [-0.39, 0.29) is 24.8 Å². The van der Waals surface area contributed by atoms with Crippen LogP contribution in [-0.2, 0) is 0 Å². The fraction of sp³-hybridized carbons (Fsp3) is 1.00. The van der Waals surface area contributed by atoms with Gasteiger partial charge in [-0.15, -0.1) is 24.8 Å². The summed E-state index contributed by atoms with van der Waals surface area (Å²) in [6.07, 6.45) is 0. The Balaban J connectivity index is 0. The Hall–Kier alpha value is 0.500. The van der Waals surface area contributed by atoms with E-state index in [0.29, 0.717) is 6.04 Å². The first-order valence-corrected chi connectivity index (χ1v) is 3.78. The van der Waals surface area contributed by atoms with Crippen LogP contribution in [0.4, 0.5) is 0 Å². The van der Waals surface area contributed by atoms with Gasteiger partial charge >= 0.3 is 0 Å². The van der Waals surface area contributed by atoms with E-state index in [1.165, 1.54) is 19.6 Å². The molecule has 0 aromatic carbocycles. The molecule has 0 radical (unpaired) electrons. The Morgan fingerprint density at radius 1 is 1.45 bits per heavy atom. The molecule has 1 heterocycles. The van der Waals surface area contributed by atoms with Crippen LogP contribution >= 0.6 is 24.8 Å². The lowest BCUT2D eigenvalue weighted by Crippen LogP contribution is -2.48. The average Bonchev–Trinajstić information content (AvgIpc) is 1.88. The molecule has 1 rings (SSSR count). The first kappa shape index (κ1) is 14.0. The van der Waals surface area contributed by atoms with E-state index in [4.69, 9.17) is 0 Å². The second-order valence-corrected chi connectivity index (χ2v) is 2.75. The molecule has 1 atom stereocenters. The quantitative estimate of drug-likeness (QED) is 0.684. The van der Waals surface area contributed by atoms with Crippen LogP contribution in [-0.4, -0.2) is 37.1 Å². The van der Waals surface area contributed by atoms with Crippen LogP contribution in [0.25, 0.3) is 0 Å². The van der Waals surface area contributed by atoms with Crippen molar-refractivity contribution in [3.8, 4) is 0 Å². The van der Waals surface area contributed by atoms with Gasteiger partial charge in [-0.2, -0.15) is 0 Å². The van der Waals surface area contributed by atoms with Crippen LogP contribution in [0.1, 0.15) is 13.8 Å². The van der Waals surface area contributed by atoms with Crippen molar-refractivity contribution in [2.45, 2.75) is 19.9 Å². The lowest BCUT2D eigenvalue weighted by Gasteiger charge is -2.30. The Bertz CT molecular complexity index is 90.5. The van der Waals surface area contributed by atoms with Crippen molar-refractivity contribution in [2.75, 3.05) is 26.2 Å². The Morgan fingerprint density at radius 2 is 2.09 bits per heavy atom. The van der Waals surface area contributed by atoms with E-state index in [9.17, 15) is 0 Å². The summed E-state index contributed by atoms with van der Waals surface area (Å²) in [5, 5.41) is 3.40. The second kappa shape index (κ2) is 7.17. The van der Waals surface area contributed by atoms with Gasteiger partial charge < -0.3 is 10.2 Å². The summed E-state index contributed by atoms with van der Waals surface area (Å²) in [6, 6.07) is 0.693. The average molecular weight is 201 g/mol. The summed E-state index contributed by atoms with van der Waals surface area (Å²) in [6.45, 7) is 9.26. The van der Waals surface area contributed by atoms with Crippen LogP contribution in [0.2, 0.25) is 0 Å². The number of nitrogens with zero attached hydrogens (tertiary/aromatic N) is 1. The maximum Gasteiger partial charge on any atom is 0.0167 e. The standard InChI is InChI=1S/C7H16N2.2ClH/c1-3-9-5-4-8-7(2)6-9;;/h7-8H,3-6H2,1-2H3;2*1H/t7-;;/m1../s1. The number of likely N-dealkylation sites (N-methyl/N-ethyl adjacent to an activating group) is 1. The van der Waals surface area contributed by atoms with Gasteiger partial charge in [-0.1, -0.05) is 6.92 Å². The van der Waals surface area contributed by atoms with Gasteiger partial charge in [0.2, 0.25) is 0 Å². The van der Waals surface area contributed by atoms with Crippen LogP contribution in [0, 0.1) is 0 Å². The van der Waals surface area contributed by atoms with Crippen LogP contribution in [0.5, 0.6) is 0 Å². The van der Waals surface area contributed by atoms with Crippen molar-refractivity contribution in [1.82, 2.24) is 10.2 Å². The summed E-state index contributed by atoms with van der Waals surface area (Å²) in [4.78, 5) is 2.47. The molecule has 0 bridgehead atoms. The number of hydrogen-bond donors (Lipinski definition) is 1. The summed E-state index contributed by atoms with van der Waals surface area (Å²) >= 11 is 0. The first-order chi connectivity index (χ1) is 4.33. The molecule has 2 nitrogen and oxygen atoms in total. The third-order valence-electron chi connectivity index (χ3n) is 1.90. The molecule has 1 aliphatic heterocycles. The molecule has 0 unspecified atom stereocenters. The van der Waals surface area contributed by atoms with Crippen molar-refractivity contribution >= 4 is 24.8 Å². The van der Waals surface area contributed by atoms with Gasteiger partial charge in [0.1, 0.15) is 0 Å². The lowest BCUT2D eigenvalue weighted by molar-refractivity contribution is 0.217. The minimum Gasteiger partial charge on any atom is -0.312 e. The highest BCUT2D eigenvalue weighted by atomic mass is 35.5. The molecule has 1 N–H and O–H groups in total. The zero-order valence-electron chi connectivity index (χ0n) is 7.17. The van der Waals surface area contributed by atoms with Gasteiger partial charge in [0.05, 0.1) is 0 Å². The van der Waals surface area contributed by atoms with Crippen molar-refractivity contribution < 1.29 is 0 Å². The highest BCUT2D eigenvalue weighted by Gasteiger charge is 2.12. The molecule has 0 spiro atoms. The van der Waals surface area contributed by atoms with Gasteiger partial charge in [-0.25, -0.2) is 0 Å². The van der Waals surface area contributed by atoms with Crippen LogP contribution in [0.3, 0.4) is 0 Å². The second-order valence-electron chi connectivity index (χ2n) is 2.75. The maximum atomic E-state index is 3.40. The van der Waals surface area contributed by atoms with E-state index in [2.05, 4.69) is 24.1 Å². The summed E-state index contributed by atoms with van der Waals surface area (Å²) in [5.74, 6) is 0. The van der Waals surface area contributed by atoms with E-state index in [0.717, 1.165) is 6.54 Å². The molecule has 4 heteroatoms. The van der Waals surface area contributed by atoms with Crippen molar-refractivity contribution in [3.63, 3.8) is 0 Å². The molecule has 1 aliphatic rings. The fourth-order valence-corrected chi connectivity index (χ4v) is 1.30. The minimum absolute atomic E-state index is 0. The summed E-state index contributed by atoms with van der Waals surface area (Å²) in [5.41, 5.74) is 0. The van der Waals surface area contributed by atoms with Gasteiger partial charge in [-0.3, -0.25) is 0 Å². The number of hydrogen-bond acceptors (Lipinski definition) is 2. The molecule has 70 valence electrons. The Labute approximate surface area is 81.5 Å². The van der Waals surface area contributed by atoms with Crippen LogP contribution in [0.15, 0.2) is 0 Å². The molecule has 1 saturated heterocycles. The predicted octanol–water partition coefficient (Wildman–Crippen LogP) is 1.14. The molecule has 0 saturated carbocycles. The third-order valence-corrected chi connectivity index (χ3v) is 1.90. The zero-order chi connectivity index (χ0) is 6.69.